The summed E-state index contributed by atoms with van der Waals surface area (Å²) in [7, 11) is 0. The molecule has 0 saturated carbocycles. The van der Waals surface area contributed by atoms with E-state index in [9.17, 15) is 13.2 Å². The van der Waals surface area contributed by atoms with Crippen LogP contribution in [0.3, 0.4) is 0 Å². The van der Waals surface area contributed by atoms with Gasteiger partial charge < -0.3 is 10.1 Å². The maximum absolute atomic E-state index is 11.9. The summed E-state index contributed by atoms with van der Waals surface area (Å²) in [6.45, 7) is 4.53. The van der Waals surface area contributed by atoms with E-state index < -0.39 is 13.0 Å². The second kappa shape index (κ2) is 7.85. The number of benzene rings is 1. The zero-order valence-electron chi connectivity index (χ0n) is 11.3. The number of aryl methyl sites for hydroxylation is 1. The molecule has 0 amide bonds. The minimum absolute atomic E-state index is 0.152. The molecule has 0 bridgehead atoms. The summed E-state index contributed by atoms with van der Waals surface area (Å²) in [5, 5.41) is 3.16. The zero-order chi connectivity index (χ0) is 15.2. The molecule has 0 fully saturated rings. The summed E-state index contributed by atoms with van der Waals surface area (Å²) >= 11 is 3.39. The molecule has 1 rings (SSSR count). The van der Waals surface area contributed by atoms with E-state index in [1.807, 2.05) is 26.0 Å². The minimum Gasteiger partial charge on any atom is -0.491 e. The average Bonchev–Trinajstić information content (AvgIpc) is 2.32. The highest BCUT2D eigenvalue weighted by Gasteiger charge is 2.28. The Morgan fingerprint density at radius 1 is 1.25 bits per heavy atom. The van der Waals surface area contributed by atoms with Gasteiger partial charge in [0.15, 0.2) is 0 Å². The molecule has 7 heteroatoms. The van der Waals surface area contributed by atoms with Gasteiger partial charge in [0, 0.05) is 16.6 Å². The van der Waals surface area contributed by atoms with Crippen molar-refractivity contribution >= 4 is 15.9 Å². The number of alkyl halides is 3. The predicted molar refractivity (Wildman–Crippen MR) is 73.8 cm³/mol. The Kier molecular flexibility index (Phi) is 6.78. The lowest BCUT2D eigenvalue weighted by Crippen LogP contribution is -2.19. The van der Waals surface area contributed by atoms with Crippen molar-refractivity contribution in [3.8, 4) is 5.75 Å². The van der Waals surface area contributed by atoms with Gasteiger partial charge in [-0.3, -0.25) is 4.74 Å². The molecule has 0 aliphatic rings. The SMILES string of the molecule is CCNCc1cc(Br)cc(C)c1OCCOC(F)(F)F. The molecule has 0 aliphatic heterocycles. The monoisotopic (exact) mass is 355 g/mol. The Bertz CT molecular complexity index is 438. The summed E-state index contributed by atoms with van der Waals surface area (Å²) in [6, 6.07) is 3.74. The second-order valence-electron chi connectivity index (χ2n) is 4.13. The second-order valence-corrected chi connectivity index (χ2v) is 5.05. The maximum Gasteiger partial charge on any atom is 0.522 e. The van der Waals surface area contributed by atoms with Gasteiger partial charge >= 0.3 is 6.36 Å². The van der Waals surface area contributed by atoms with Crippen LogP contribution in [0.15, 0.2) is 16.6 Å². The predicted octanol–water partition coefficient (Wildman–Crippen LogP) is 3.78. The van der Waals surface area contributed by atoms with Gasteiger partial charge in [-0.05, 0) is 31.2 Å². The van der Waals surface area contributed by atoms with Crippen molar-refractivity contribution in [3.05, 3.63) is 27.7 Å². The van der Waals surface area contributed by atoms with Gasteiger partial charge in [-0.15, -0.1) is 13.2 Å². The van der Waals surface area contributed by atoms with Crippen LogP contribution >= 0.6 is 15.9 Å². The zero-order valence-corrected chi connectivity index (χ0v) is 12.9. The van der Waals surface area contributed by atoms with Gasteiger partial charge in [0.2, 0.25) is 0 Å². The van der Waals surface area contributed by atoms with E-state index in [4.69, 9.17) is 4.74 Å². The van der Waals surface area contributed by atoms with Gasteiger partial charge in [-0.1, -0.05) is 22.9 Å². The third kappa shape index (κ3) is 6.11. The maximum atomic E-state index is 11.9. The first-order chi connectivity index (χ1) is 9.33. The molecule has 20 heavy (non-hydrogen) atoms. The van der Waals surface area contributed by atoms with E-state index in [1.165, 1.54) is 0 Å². The summed E-state index contributed by atoms with van der Waals surface area (Å²) in [5.41, 5.74) is 1.75. The molecule has 1 aromatic carbocycles. The van der Waals surface area contributed by atoms with Gasteiger partial charge in [-0.25, -0.2) is 0 Å². The topological polar surface area (TPSA) is 30.5 Å². The van der Waals surface area contributed by atoms with E-state index >= 15 is 0 Å². The molecule has 0 aliphatic carbocycles. The first-order valence-electron chi connectivity index (χ1n) is 6.16. The van der Waals surface area contributed by atoms with E-state index in [0.717, 1.165) is 22.1 Å². The largest absolute Gasteiger partial charge is 0.522 e. The Morgan fingerprint density at radius 3 is 2.55 bits per heavy atom. The molecule has 0 spiro atoms. The smallest absolute Gasteiger partial charge is 0.491 e. The number of nitrogens with one attached hydrogen (secondary N) is 1. The van der Waals surface area contributed by atoms with E-state index in [0.29, 0.717) is 12.3 Å². The highest BCUT2D eigenvalue weighted by molar-refractivity contribution is 9.10. The third-order valence-electron chi connectivity index (χ3n) is 2.48. The van der Waals surface area contributed by atoms with Crippen molar-refractivity contribution < 1.29 is 22.6 Å². The fourth-order valence-electron chi connectivity index (χ4n) is 1.70. The highest BCUT2D eigenvalue weighted by Crippen LogP contribution is 2.28. The van der Waals surface area contributed by atoms with Crippen LogP contribution in [0, 0.1) is 6.92 Å². The number of hydrogen-bond donors (Lipinski definition) is 1. The Balaban J connectivity index is 2.67. The van der Waals surface area contributed by atoms with Crippen LogP contribution in [0.2, 0.25) is 0 Å². The molecule has 0 radical (unpaired) electrons. The van der Waals surface area contributed by atoms with Crippen LogP contribution in [-0.2, 0) is 11.3 Å². The lowest BCUT2D eigenvalue weighted by Gasteiger charge is -2.16. The van der Waals surface area contributed by atoms with Crippen LogP contribution in [0.5, 0.6) is 5.75 Å². The molecular weight excluding hydrogens is 339 g/mol. The molecule has 0 heterocycles. The van der Waals surface area contributed by atoms with Gasteiger partial charge in [0.05, 0.1) is 6.61 Å². The lowest BCUT2D eigenvalue weighted by atomic mass is 10.1. The molecular formula is C13H17BrF3NO2. The highest BCUT2D eigenvalue weighted by atomic mass is 79.9. The molecule has 0 atom stereocenters. The number of halogens is 4. The van der Waals surface area contributed by atoms with Crippen molar-refractivity contribution in [1.82, 2.24) is 5.32 Å². The van der Waals surface area contributed by atoms with Crippen LogP contribution in [-0.4, -0.2) is 26.1 Å². The van der Waals surface area contributed by atoms with Gasteiger partial charge in [0.25, 0.3) is 0 Å². The number of hydrogen-bond acceptors (Lipinski definition) is 3. The lowest BCUT2D eigenvalue weighted by molar-refractivity contribution is -0.325. The van der Waals surface area contributed by atoms with Crippen molar-refractivity contribution in [1.29, 1.82) is 0 Å². The molecule has 1 aromatic rings. The summed E-state index contributed by atoms with van der Waals surface area (Å²) in [6.07, 6.45) is -4.62. The van der Waals surface area contributed by atoms with Crippen molar-refractivity contribution in [2.45, 2.75) is 26.8 Å². The van der Waals surface area contributed by atoms with Crippen LogP contribution in [0.25, 0.3) is 0 Å². The van der Waals surface area contributed by atoms with Crippen LogP contribution in [0.4, 0.5) is 13.2 Å². The standard InChI is InChI=1S/C13H17BrF3NO2/c1-3-18-8-10-7-11(14)6-9(2)12(10)19-4-5-20-13(15,16)17/h6-7,18H,3-5,8H2,1-2H3. The minimum atomic E-state index is -4.62. The Labute approximate surface area is 124 Å². The third-order valence-corrected chi connectivity index (χ3v) is 2.94. The molecule has 0 saturated heterocycles. The van der Waals surface area contributed by atoms with E-state index in [2.05, 4.69) is 26.0 Å². The van der Waals surface area contributed by atoms with Crippen molar-refractivity contribution in [2.24, 2.45) is 0 Å². The Hall–Kier alpha value is -0.790. The van der Waals surface area contributed by atoms with Gasteiger partial charge in [-0.2, -0.15) is 0 Å². The molecule has 114 valence electrons. The van der Waals surface area contributed by atoms with Crippen molar-refractivity contribution in [3.63, 3.8) is 0 Å². The molecule has 1 N–H and O–H groups in total. The number of ether oxygens (including phenoxy) is 2. The average molecular weight is 356 g/mol. The summed E-state index contributed by atoms with van der Waals surface area (Å²) in [5.74, 6) is 0.597. The first-order valence-corrected chi connectivity index (χ1v) is 6.96. The summed E-state index contributed by atoms with van der Waals surface area (Å²) in [4.78, 5) is 0. The summed E-state index contributed by atoms with van der Waals surface area (Å²) < 4.78 is 45.6. The molecule has 0 aromatic heterocycles. The molecule has 0 unspecified atom stereocenters. The Morgan fingerprint density at radius 2 is 1.95 bits per heavy atom. The van der Waals surface area contributed by atoms with Crippen LogP contribution < -0.4 is 10.1 Å². The van der Waals surface area contributed by atoms with Crippen LogP contribution in [0.1, 0.15) is 18.1 Å². The van der Waals surface area contributed by atoms with E-state index in [-0.39, 0.29) is 6.61 Å². The first kappa shape index (κ1) is 17.3. The number of rotatable bonds is 7. The normalized spacial score (nSPS) is 11.7. The van der Waals surface area contributed by atoms with Gasteiger partial charge in [0.1, 0.15) is 12.4 Å². The molecule has 3 nitrogen and oxygen atoms in total. The fourth-order valence-corrected chi connectivity index (χ4v) is 2.32. The van der Waals surface area contributed by atoms with E-state index in [1.54, 1.807) is 0 Å². The fraction of sp³-hybridized carbons (Fsp3) is 0.538. The van der Waals surface area contributed by atoms with Crippen molar-refractivity contribution in [2.75, 3.05) is 19.8 Å². The quantitative estimate of drug-likeness (QED) is 0.755.